The van der Waals surface area contributed by atoms with E-state index in [1.165, 1.54) is 23.1 Å². The number of amides is 2. The van der Waals surface area contributed by atoms with E-state index < -0.39 is 18.6 Å². The summed E-state index contributed by atoms with van der Waals surface area (Å²) in [5.41, 5.74) is 0.159. The molecule has 22 heavy (non-hydrogen) atoms. The third-order valence-electron chi connectivity index (χ3n) is 3.09. The maximum absolute atomic E-state index is 12.5. The summed E-state index contributed by atoms with van der Waals surface area (Å²) >= 11 is 0. The Morgan fingerprint density at radius 2 is 1.95 bits per heavy atom. The van der Waals surface area contributed by atoms with Crippen molar-refractivity contribution in [3.63, 3.8) is 0 Å². The second-order valence-corrected chi connectivity index (χ2v) is 4.94. The van der Waals surface area contributed by atoms with Crippen LogP contribution in [-0.4, -0.2) is 41.9 Å². The van der Waals surface area contributed by atoms with E-state index in [0.29, 0.717) is 6.54 Å². The van der Waals surface area contributed by atoms with Crippen molar-refractivity contribution in [3.8, 4) is 0 Å². The second kappa shape index (κ2) is 8.63. The van der Waals surface area contributed by atoms with Crippen LogP contribution in [0, 0.1) is 0 Å². The van der Waals surface area contributed by atoms with Gasteiger partial charge in [0.1, 0.15) is 0 Å². The zero-order valence-corrected chi connectivity index (χ0v) is 12.5. The highest BCUT2D eigenvalue weighted by Crippen LogP contribution is 2.26. The molecule has 0 aliphatic carbocycles. The summed E-state index contributed by atoms with van der Waals surface area (Å²) in [5, 5.41) is 11.5. The molecule has 0 aliphatic rings. The van der Waals surface area contributed by atoms with Crippen LogP contribution in [0.5, 0.6) is 0 Å². The average Bonchev–Trinajstić information content (AvgIpc) is 2.44. The monoisotopic (exact) mass is 318 g/mol. The summed E-state index contributed by atoms with van der Waals surface area (Å²) in [7, 11) is 0. The van der Waals surface area contributed by atoms with E-state index in [1.54, 1.807) is 6.07 Å². The van der Waals surface area contributed by atoms with Gasteiger partial charge in [-0.2, -0.15) is 13.2 Å². The molecule has 1 aromatic rings. The predicted molar refractivity (Wildman–Crippen MR) is 78.8 cm³/mol. The molecule has 0 spiro atoms. The molecule has 0 saturated heterocycles. The van der Waals surface area contributed by atoms with Gasteiger partial charge in [0, 0.05) is 18.8 Å². The zero-order chi connectivity index (χ0) is 16.6. The fourth-order valence-electron chi connectivity index (χ4n) is 1.99. The van der Waals surface area contributed by atoms with Gasteiger partial charge in [0.15, 0.2) is 0 Å². The highest BCUT2D eigenvalue weighted by atomic mass is 19.4. The summed E-state index contributed by atoms with van der Waals surface area (Å²) in [6.45, 7) is 2.37. The Morgan fingerprint density at radius 3 is 2.55 bits per heavy atom. The van der Waals surface area contributed by atoms with Crippen molar-refractivity contribution in [1.29, 1.82) is 0 Å². The van der Waals surface area contributed by atoms with E-state index in [-0.39, 0.29) is 24.4 Å². The first-order valence-corrected chi connectivity index (χ1v) is 7.18. The summed E-state index contributed by atoms with van der Waals surface area (Å²) in [4.78, 5) is 13.5. The SMILES string of the molecule is CCCCN(CCO)C(=O)Nc1ccccc1CC(F)(F)F. The number of nitrogens with one attached hydrogen (secondary N) is 1. The number of aliphatic hydroxyl groups is 1. The van der Waals surface area contributed by atoms with Gasteiger partial charge < -0.3 is 15.3 Å². The molecule has 0 aliphatic heterocycles. The largest absolute Gasteiger partial charge is 0.395 e. The summed E-state index contributed by atoms with van der Waals surface area (Å²) < 4.78 is 37.6. The lowest BCUT2D eigenvalue weighted by Crippen LogP contribution is -2.38. The van der Waals surface area contributed by atoms with Crippen LogP contribution in [0.4, 0.5) is 23.7 Å². The molecule has 0 bridgehead atoms. The van der Waals surface area contributed by atoms with Crippen LogP contribution in [0.25, 0.3) is 0 Å². The van der Waals surface area contributed by atoms with Gasteiger partial charge >= 0.3 is 12.2 Å². The van der Waals surface area contributed by atoms with Crippen molar-refractivity contribution in [2.75, 3.05) is 25.0 Å². The minimum atomic E-state index is -4.34. The molecular weight excluding hydrogens is 297 g/mol. The van der Waals surface area contributed by atoms with Crippen molar-refractivity contribution in [2.45, 2.75) is 32.4 Å². The van der Waals surface area contributed by atoms with Crippen molar-refractivity contribution in [1.82, 2.24) is 4.90 Å². The van der Waals surface area contributed by atoms with Gasteiger partial charge in [0.05, 0.1) is 13.0 Å². The molecule has 0 radical (unpaired) electrons. The number of rotatable bonds is 7. The van der Waals surface area contributed by atoms with Gasteiger partial charge in [-0.05, 0) is 18.1 Å². The smallest absolute Gasteiger partial charge is 0.393 e. The fourth-order valence-corrected chi connectivity index (χ4v) is 1.99. The number of aliphatic hydroxyl groups excluding tert-OH is 1. The van der Waals surface area contributed by atoms with Gasteiger partial charge in [-0.3, -0.25) is 0 Å². The topological polar surface area (TPSA) is 52.6 Å². The van der Waals surface area contributed by atoms with Crippen molar-refractivity contribution < 1.29 is 23.1 Å². The minimum absolute atomic E-state index is 0.0165. The molecule has 2 N–H and O–H groups in total. The predicted octanol–water partition coefficient (Wildman–Crippen LogP) is 3.42. The van der Waals surface area contributed by atoms with Crippen LogP contribution < -0.4 is 5.32 Å². The van der Waals surface area contributed by atoms with E-state index in [0.717, 1.165) is 12.8 Å². The van der Waals surface area contributed by atoms with Crippen molar-refractivity contribution in [2.24, 2.45) is 0 Å². The first kappa shape index (κ1) is 18.3. The van der Waals surface area contributed by atoms with Crippen LogP contribution in [0.3, 0.4) is 0 Å². The van der Waals surface area contributed by atoms with Gasteiger partial charge in [0.2, 0.25) is 0 Å². The molecule has 7 heteroatoms. The molecule has 0 aromatic heterocycles. The zero-order valence-electron chi connectivity index (χ0n) is 12.5. The van der Waals surface area contributed by atoms with E-state index in [9.17, 15) is 18.0 Å². The first-order chi connectivity index (χ1) is 10.4. The highest BCUT2D eigenvalue weighted by Gasteiger charge is 2.29. The quantitative estimate of drug-likeness (QED) is 0.809. The van der Waals surface area contributed by atoms with E-state index in [4.69, 9.17) is 5.11 Å². The highest BCUT2D eigenvalue weighted by molar-refractivity contribution is 5.90. The van der Waals surface area contributed by atoms with Crippen molar-refractivity contribution >= 4 is 11.7 Å². The number of carbonyl (C=O) groups excluding carboxylic acids is 1. The number of halogens is 3. The van der Waals surface area contributed by atoms with E-state index in [1.807, 2.05) is 6.92 Å². The Kier molecular flexibility index (Phi) is 7.17. The minimum Gasteiger partial charge on any atom is -0.395 e. The molecule has 2 amide bonds. The number of hydrogen-bond donors (Lipinski definition) is 2. The summed E-state index contributed by atoms with van der Waals surface area (Å²) in [5.74, 6) is 0. The molecule has 1 aromatic carbocycles. The van der Waals surface area contributed by atoms with E-state index in [2.05, 4.69) is 5.32 Å². The van der Waals surface area contributed by atoms with Gasteiger partial charge in [-0.1, -0.05) is 31.5 Å². The number of unbranched alkanes of at least 4 members (excludes halogenated alkanes) is 1. The molecule has 4 nitrogen and oxygen atoms in total. The van der Waals surface area contributed by atoms with E-state index >= 15 is 0 Å². The molecule has 0 atom stereocenters. The Balaban J connectivity index is 2.81. The Bertz CT molecular complexity index is 478. The average molecular weight is 318 g/mol. The van der Waals surface area contributed by atoms with Gasteiger partial charge in [-0.25, -0.2) is 4.79 Å². The number of anilines is 1. The number of benzene rings is 1. The lowest BCUT2D eigenvalue weighted by molar-refractivity contribution is -0.127. The molecule has 0 saturated carbocycles. The van der Waals surface area contributed by atoms with Crippen LogP contribution in [0.15, 0.2) is 24.3 Å². The first-order valence-electron chi connectivity index (χ1n) is 7.18. The lowest BCUT2D eigenvalue weighted by atomic mass is 10.1. The number of alkyl halides is 3. The van der Waals surface area contributed by atoms with Crippen LogP contribution >= 0.6 is 0 Å². The number of urea groups is 1. The maximum Gasteiger partial charge on any atom is 0.393 e. The maximum atomic E-state index is 12.5. The molecule has 0 heterocycles. The number of nitrogens with zero attached hydrogens (tertiary/aromatic N) is 1. The van der Waals surface area contributed by atoms with Gasteiger partial charge in [0.25, 0.3) is 0 Å². The van der Waals surface area contributed by atoms with Gasteiger partial charge in [-0.15, -0.1) is 0 Å². The normalized spacial score (nSPS) is 11.3. The molecule has 0 fully saturated rings. The second-order valence-electron chi connectivity index (χ2n) is 4.94. The standard InChI is InChI=1S/C15H21F3N2O2/c1-2-3-8-20(9-10-21)14(22)19-13-7-5-4-6-12(13)11-15(16,17)18/h4-7,21H,2-3,8-11H2,1H3,(H,19,22). The Labute approximate surface area is 127 Å². The lowest BCUT2D eigenvalue weighted by Gasteiger charge is -2.23. The van der Waals surface area contributed by atoms with Crippen LogP contribution in [-0.2, 0) is 6.42 Å². The molecule has 0 unspecified atom stereocenters. The third-order valence-corrected chi connectivity index (χ3v) is 3.09. The van der Waals surface area contributed by atoms with Crippen LogP contribution in [0.2, 0.25) is 0 Å². The summed E-state index contributed by atoms with van der Waals surface area (Å²) in [6.07, 6.45) is -3.80. The molecule has 124 valence electrons. The van der Waals surface area contributed by atoms with Crippen LogP contribution in [0.1, 0.15) is 25.3 Å². The fraction of sp³-hybridized carbons (Fsp3) is 0.533. The molecule has 1 rings (SSSR count). The molecular formula is C15H21F3N2O2. The number of para-hydroxylation sites is 1. The Hall–Kier alpha value is -1.76. The van der Waals surface area contributed by atoms with Crippen molar-refractivity contribution in [3.05, 3.63) is 29.8 Å². The summed E-state index contributed by atoms with van der Waals surface area (Å²) in [6, 6.07) is 5.34. The Morgan fingerprint density at radius 1 is 1.27 bits per heavy atom. The number of hydrogen-bond acceptors (Lipinski definition) is 2. The third kappa shape index (κ3) is 6.34. The number of carbonyl (C=O) groups is 1.